The van der Waals surface area contributed by atoms with Crippen LogP contribution in [-0.4, -0.2) is 17.2 Å². The Labute approximate surface area is 151 Å². The average molecular weight is 348 g/mol. The highest BCUT2D eigenvalue weighted by Crippen LogP contribution is 2.36. The van der Waals surface area contributed by atoms with Crippen molar-refractivity contribution >= 4 is 22.1 Å². The van der Waals surface area contributed by atoms with Crippen molar-refractivity contribution in [1.29, 1.82) is 0 Å². The van der Waals surface area contributed by atoms with Crippen LogP contribution in [0.3, 0.4) is 0 Å². The SMILES string of the molecule is Nc1sc2c(c1C(=O)c1ccccc1)CCN(Cc1ccccc1)C2. The number of fused-ring (bicyclic) bond motifs is 1. The molecule has 4 rings (SSSR count). The number of carbonyl (C=O) groups is 1. The molecule has 0 fully saturated rings. The van der Waals surface area contributed by atoms with E-state index >= 15 is 0 Å². The Morgan fingerprint density at radius 1 is 1.04 bits per heavy atom. The second kappa shape index (κ2) is 6.82. The van der Waals surface area contributed by atoms with Crippen LogP contribution in [0.15, 0.2) is 60.7 Å². The highest BCUT2D eigenvalue weighted by Gasteiger charge is 2.27. The number of benzene rings is 2. The molecule has 2 aromatic carbocycles. The van der Waals surface area contributed by atoms with Gasteiger partial charge in [-0.05, 0) is 17.5 Å². The summed E-state index contributed by atoms with van der Waals surface area (Å²) in [4.78, 5) is 16.5. The van der Waals surface area contributed by atoms with E-state index < -0.39 is 0 Å². The number of hydrogen-bond acceptors (Lipinski definition) is 4. The lowest BCUT2D eigenvalue weighted by Gasteiger charge is -2.27. The second-order valence-electron chi connectivity index (χ2n) is 6.38. The molecule has 4 heteroatoms. The maximum absolute atomic E-state index is 12.9. The van der Waals surface area contributed by atoms with Gasteiger partial charge in [0.2, 0.25) is 0 Å². The lowest BCUT2D eigenvalue weighted by Crippen LogP contribution is -2.29. The topological polar surface area (TPSA) is 46.3 Å². The molecule has 25 heavy (non-hydrogen) atoms. The van der Waals surface area contributed by atoms with Crippen LogP contribution in [0.4, 0.5) is 5.00 Å². The van der Waals surface area contributed by atoms with Gasteiger partial charge in [-0.3, -0.25) is 9.69 Å². The summed E-state index contributed by atoms with van der Waals surface area (Å²) in [6.07, 6.45) is 0.879. The summed E-state index contributed by atoms with van der Waals surface area (Å²) in [5.41, 5.74) is 10.1. The molecule has 0 unspecified atom stereocenters. The molecular weight excluding hydrogens is 328 g/mol. The van der Waals surface area contributed by atoms with Crippen molar-refractivity contribution in [3.05, 3.63) is 87.8 Å². The zero-order valence-electron chi connectivity index (χ0n) is 13.9. The Balaban J connectivity index is 1.58. The first kappa shape index (κ1) is 16.1. The number of carbonyl (C=O) groups excluding carboxylic acids is 1. The fourth-order valence-corrected chi connectivity index (χ4v) is 4.59. The highest BCUT2D eigenvalue weighted by molar-refractivity contribution is 7.16. The zero-order valence-corrected chi connectivity index (χ0v) is 14.8. The van der Waals surface area contributed by atoms with E-state index in [2.05, 4.69) is 29.2 Å². The highest BCUT2D eigenvalue weighted by atomic mass is 32.1. The van der Waals surface area contributed by atoms with E-state index in [4.69, 9.17) is 5.73 Å². The molecule has 0 saturated carbocycles. The zero-order chi connectivity index (χ0) is 17.2. The number of hydrogen-bond donors (Lipinski definition) is 1. The first-order valence-electron chi connectivity index (χ1n) is 8.48. The molecule has 1 aliphatic heterocycles. The lowest BCUT2D eigenvalue weighted by molar-refractivity contribution is 0.103. The van der Waals surface area contributed by atoms with Gasteiger partial charge in [-0.15, -0.1) is 11.3 Å². The monoisotopic (exact) mass is 348 g/mol. The van der Waals surface area contributed by atoms with E-state index in [1.54, 1.807) is 11.3 Å². The predicted molar refractivity (Wildman–Crippen MR) is 103 cm³/mol. The molecular formula is C21H20N2OS. The van der Waals surface area contributed by atoms with E-state index in [1.807, 2.05) is 36.4 Å². The number of nitrogen functional groups attached to an aromatic ring is 1. The van der Waals surface area contributed by atoms with Crippen LogP contribution >= 0.6 is 11.3 Å². The number of thiophene rings is 1. The lowest BCUT2D eigenvalue weighted by atomic mass is 9.96. The minimum atomic E-state index is 0.0482. The quantitative estimate of drug-likeness (QED) is 0.722. The van der Waals surface area contributed by atoms with Crippen LogP contribution in [0.5, 0.6) is 0 Å². The fourth-order valence-electron chi connectivity index (χ4n) is 3.44. The van der Waals surface area contributed by atoms with Crippen molar-refractivity contribution < 1.29 is 4.79 Å². The number of nitrogens with two attached hydrogens (primary N) is 1. The van der Waals surface area contributed by atoms with Gasteiger partial charge >= 0.3 is 0 Å². The number of rotatable bonds is 4. The van der Waals surface area contributed by atoms with Crippen LogP contribution in [0.1, 0.15) is 31.9 Å². The minimum absolute atomic E-state index is 0.0482. The van der Waals surface area contributed by atoms with Gasteiger partial charge < -0.3 is 5.73 Å². The average Bonchev–Trinajstić information content (AvgIpc) is 2.97. The third-order valence-electron chi connectivity index (χ3n) is 4.68. The smallest absolute Gasteiger partial charge is 0.196 e. The van der Waals surface area contributed by atoms with Crippen LogP contribution in [0.2, 0.25) is 0 Å². The van der Waals surface area contributed by atoms with Crippen molar-refractivity contribution in [3.8, 4) is 0 Å². The third kappa shape index (κ3) is 3.23. The summed E-state index contributed by atoms with van der Waals surface area (Å²) in [5.74, 6) is 0.0482. The van der Waals surface area contributed by atoms with Gasteiger partial charge in [0, 0.05) is 30.1 Å². The molecule has 0 amide bonds. The Kier molecular flexibility index (Phi) is 4.38. The molecule has 2 N–H and O–H groups in total. The van der Waals surface area contributed by atoms with Crippen molar-refractivity contribution in [1.82, 2.24) is 4.90 Å². The van der Waals surface area contributed by atoms with Crippen molar-refractivity contribution in [2.75, 3.05) is 12.3 Å². The predicted octanol–water partition coefficient (Wildman–Crippen LogP) is 4.12. The van der Waals surface area contributed by atoms with Gasteiger partial charge in [0.05, 0.1) is 10.6 Å². The van der Waals surface area contributed by atoms with E-state index in [1.165, 1.54) is 10.4 Å². The summed E-state index contributed by atoms with van der Waals surface area (Å²) in [6.45, 7) is 2.74. The molecule has 3 nitrogen and oxygen atoms in total. The van der Waals surface area contributed by atoms with E-state index in [0.717, 1.165) is 37.2 Å². The maximum atomic E-state index is 12.9. The summed E-state index contributed by atoms with van der Waals surface area (Å²) in [7, 11) is 0. The molecule has 0 radical (unpaired) electrons. The molecule has 1 aliphatic rings. The molecule has 1 aromatic heterocycles. The number of ketones is 1. The molecule has 0 bridgehead atoms. The standard InChI is InChI=1S/C21H20N2OS/c22-21-19(20(24)16-9-5-2-6-10-16)17-11-12-23(14-18(17)25-21)13-15-7-3-1-4-8-15/h1-10H,11-14,22H2. The van der Waals surface area contributed by atoms with Crippen LogP contribution < -0.4 is 5.73 Å². The summed E-state index contributed by atoms with van der Waals surface area (Å²) in [5, 5.41) is 0.653. The molecule has 0 saturated heterocycles. The Bertz CT molecular complexity index is 887. The first-order valence-corrected chi connectivity index (χ1v) is 9.30. The van der Waals surface area contributed by atoms with E-state index in [9.17, 15) is 4.79 Å². The van der Waals surface area contributed by atoms with Gasteiger partial charge in [0.15, 0.2) is 5.78 Å². The van der Waals surface area contributed by atoms with Gasteiger partial charge in [-0.1, -0.05) is 60.7 Å². The molecule has 0 atom stereocenters. The summed E-state index contributed by atoms with van der Waals surface area (Å²) < 4.78 is 0. The summed E-state index contributed by atoms with van der Waals surface area (Å²) >= 11 is 1.57. The molecule has 2 heterocycles. The first-order chi connectivity index (χ1) is 12.2. The van der Waals surface area contributed by atoms with Crippen LogP contribution in [0.25, 0.3) is 0 Å². The van der Waals surface area contributed by atoms with Crippen LogP contribution in [-0.2, 0) is 19.5 Å². The van der Waals surface area contributed by atoms with Crippen molar-refractivity contribution in [2.45, 2.75) is 19.5 Å². The number of anilines is 1. The van der Waals surface area contributed by atoms with Gasteiger partial charge in [-0.25, -0.2) is 0 Å². The van der Waals surface area contributed by atoms with Crippen LogP contribution in [0, 0.1) is 0 Å². The van der Waals surface area contributed by atoms with E-state index in [-0.39, 0.29) is 5.78 Å². The number of nitrogens with zero attached hydrogens (tertiary/aromatic N) is 1. The molecule has 0 aliphatic carbocycles. The normalized spacial score (nSPS) is 14.2. The van der Waals surface area contributed by atoms with E-state index in [0.29, 0.717) is 10.6 Å². The van der Waals surface area contributed by atoms with Gasteiger partial charge in [-0.2, -0.15) is 0 Å². The minimum Gasteiger partial charge on any atom is -0.390 e. The molecule has 0 spiro atoms. The Hall–Kier alpha value is -2.43. The fraction of sp³-hybridized carbons (Fsp3) is 0.190. The Morgan fingerprint density at radius 3 is 2.44 bits per heavy atom. The summed E-state index contributed by atoms with van der Waals surface area (Å²) in [6, 6.07) is 19.9. The molecule has 126 valence electrons. The molecule has 3 aromatic rings. The van der Waals surface area contributed by atoms with Crippen molar-refractivity contribution in [3.63, 3.8) is 0 Å². The maximum Gasteiger partial charge on any atom is 0.196 e. The Morgan fingerprint density at radius 2 is 1.72 bits per heavy atom. The van der Waals surface area contributed by atoms with Gasteiger partial charge in [0.1, 0.15) is 0 Å². The van der Waals surface area contributed by atoms with Crippen molar-refractivity contribution in [2.24, 2.45) is 0 Å². The second-order valence-corrected chi connectivity index (χ2v) is 7.52. The van der Waals surface area contributed by atoms with Gasteiger partial charge in [0.25, 0.3) is 0 Å². The third-order valence-corrected chi connectivity index (χ3v) is 5.72. The largest absolute Gasteiger partial charge is 0.390 e.